The van der Waals surface area contributed by atoms with Crippen LogP contribution in [0.25, 0.3) is 16.9 Å². The van der Waals surface area contributed by atoms with Crippen molar-refractivity contribution in [2.45, 2.75) is 6.42 Å². The lowest BCUT2D eigenvalue weighted by Crippen LogP contribution is -2.03. The maximum Gasteiger partial charge on any atom is 0.228 e. The summed E-state index contributed by atoms with van der Waals surface area (Å²) in [5, 5.41) is 15.4. The number of rotatable bonds is 5. The summed E-state index contributed by atoms with van der Waals surface area (Å²) in [4.78, 5) is 8.75. The number of anilines is 2. The van der Waals surface area contributed by atoms with E-state index in [0.717, 1.165) is 17.4 Å². The number of aromatic nitrogens is 7. The second-order valence-corrected chi connectivity index (χ2v) is 7.02. The molecule has 0 unspecified atom stereocenters. The Morgan fingerprint density at radius 3 is 2.59 bits per heavy atom. The van der Waals surface area contributed by atoms with Gasteiger partial charge in [0.25, 0.3) is 0 Å². The quantitative estimate of drug-likeness (QED) is 0.423. The first-order valence-electron chi connectivity index (χ1n) is 9.53. The Morgan fingerprint density at radius 1 is 0.938 bits per heavy atom. The predicted molar refractivity (Wildman–Crippen MR) is 110 cm³/mol. The molecule has 0 atom stereocenters. The zero-order valence-electron chi connectivity index (χ0n) is 16.7. The summed E-state index contributed by atoms with van der Waals surface area (Å²) < 4.78 is 44.0. The molecular weight excluding hydrogens is 421 g/mol. The molecule has 0 radical (unpaired) electrons. The first kappa shape index (κ1) is 19.7. The second kappa shape index (κ2) is 7.76. The number of aryl methyl sites for hydroxylation is 1. The average Bonchev–Trinajstić information content (AvgIpc) is 3.38. The second-order valence-electron chi connectivity index (χ2n) is 7.02. The first-order valence-corrected chi connectivity index (χ1v) is 9.53. The van der Waals surface area contributed by atoms with E-state index < -0.39 is 17.5 Å². The molecule has 0 fully saturated rings. The molecule has 0 saturated heterocycles. The van der Waals surface area contributed by atoms with E-state index in [2.05, 4.69) is 30.6 Å². The van der Waals surface area contributed by atoms with Crippen molar-refractivity contribution in [3.8, 4) is 11.3 Å². The first-order chi connectivity index (χ1) is 15.5. The van der Waals surface area contributed by atoms with E-state index in [9.17, 15) is 13.2 Å². The normalized spacial score (nSPS) is 11.2. The van der Waals surface area contributed by atoms with E-state index in [4.69, 9.17) is 0 Å². The molecule has 8 nitrogen and oxygen atoms in total. The summed E-state index contributed by atoms with van der Waals surface area (Å²) in [5.74, 6) is -1.66. The fourth-order valence-corrected chi connectivity index (χ4v) is 3.28. The largest absolute Gasteiger partial charge is 0.309 e. The molecule has 0 spiro atoms. The van der Waals surface area contributed by atoms with Crippen LogP contribution in [-0.4, -0.2) is 34.3 Å². The molecule has 0 amide bonds. The molecule has 0 saturated carbocycles. The van der Waals surface area contributed by atoms with E-state index in [1.54, 1.807) is 59.0 Å². The fourth-order valence-electron chi connectivity index (χ4n) is 3.28. The van der Waals surface area contributed by atoms with Gasteiger partial charge in [0, 0.05) is 43.6 Å². The van der Waals surface area contributed by atoms with Gasteiger partial charge in [-0.2, -0.15) is 5.10 Å². The van der Waals surface area contributed by atoms with Crippen molar-refractivity contribution in [1.29, 1.82) is 0 Å². The smallest absolute Gasteiger partial charge is 0.228 e. The van der Waals surface area contributed by atoms with Gasteiger partial charge in [0.05, 0.1) is 11.9 Å². The molecule has 160 valence electrons. The summed E-state index contributed by atoms with van der Waals surface area (Å²) in [5.41, 5.74) is 1.92. The highest BCUT2D eigenvalue weighted by molar-refractivity contribution is 5.65. The minimum absolute atomic E-state index is 0.0102. The molecule has 32 heavy (non-hydrogen) atoms. The van der Waals surface area contributed by atoms with Gasteiger partial charge in [-0.05, 0) is 29.8 Å². The molecule has 11 heteroatoms. The number of fused-ring (bicyclic) bond motifs is 1. The van der Waals surface area contributed by atoms with Crippen LogP contribution in [0.15, 0.2) is 55.0 Å². The highest BCUT2D eigenvalue weighted by Crippen LogP contribution is 2.22. The van der Waals surface area contributed by atoms with Gasteiger partial charge in [0.15, 0.2) is 17.3 Å². The van der Waals surface area contributed by atoms with E-state index in [1.807, 2.05) is 0 Å². The minimum atomic E-state index is -1.23. The monoisotopic (exact) mass is 436 g/mol. The van der Waals surface area contributed by atoms with Crippen molar-refractivity contribution < 1.29 is 13.2 Å². The Bertz CT molecular complexity index is 1440. The Kier molecular flexibility index (Phi) is 4.77. The number of nitrogens with zero attached hydrogens (tertiary/aromatic N) is 7. The van der Waals surface area contributed by atoms with Gasteiger partial charge in [-0.3, -0.25) is 9.08 Å². The van der Waals surface area contributed by atoms with Crippen molar-refractivity contribution in [3.63, 3.8) is 0 Å². The lowest BCUT2D eigenvalue weighted by molar-refractivity contribution is 0.490. The van der Waals surface area contributed by atoms with Crippen molar-refractivity contribution >= 4 is 17.4 Å². The zero-order chi connectivity index (χ0) is 22.2. The minimum Gasteiger partial charge on any atom is -0.309 e. The van der Waals surface area contributed by atoms with E-state index in [1.165, 1.54) is 0 Å². The van der Waals surface area contributed by atoms with Crippen molar-refractivity contribution in [3.05, 3.63) is 83.8 Å². The van der Waals surface area contributed by atoms with Crippen LogP contribution in [-0.2, 0) is 13.5 Å². The SMILES string of the molecule is Cn1nccc1Nc1nccc(-c2ccn3c(Cc4cc(F)c(F)cc4F)nnc3c2)n1. The van der Waals surface area contributed by atoms with Crippen LogP contribution in [0.3, 0.4) is 0 Å². The van der Waals surface area contributed by atoms with Gasteiger partial charge in [-0.25, -0.2) is 23.1 Å². The third-order valence-electron chi connectivity index (χ3n) is 4.93. The molecule has 1 aromatic carbocycles. The van der Waals surface area contributed by atoms with Crippen molar-refractivity contribution in [1.82, 2.24) is 34.3 Å². The highest BCUT2D eigenvalue weighted by Gasteiger charge is 2.14. The molecule has 1 N–H and O–H groups in total. The van der Waals surface area contributed by atoms with Gasteiger partial charge in [0.1, 0.15) is 17.5 Å². The molecule has 0 aliphatic carbocycles. The van der Waals surface area contributed by atoms with Crippen LogP contribution in [0.5, 0.6) is 0 Å². The number of hydrogen-bond acceptors (Lipinski definition) is 6. The lowest BCUT2D eigenvalue weighted by Gasteiger charge is -2.07. The fraction of sp³-hybridized carbons (Fsp3) is 0.0952. The Hall–Kier alpha value is -4.28. The lowest BCUT2D eigenvalue weighted by atomic mass is 10.1. The maximum atomic E-state index is 14.0. The molecule has 5 rings (SSSR count). The van der Waals surface area contributed by atoms with Crippen LogP contribution in [0, 0.1) is 17.5 Å². The van der Waals surface area contributed by atoms with Crippen LogP contribution in [0.2, 0.25) is 0 Å². The van der Waals surface area contributed by atoms with Crippen LogP contribution in [0.1, 0.15) is 11.4 Å². The Morgan fingerprint density at radius 2 is 1.78 bits per heavy atom. The molecule has 5 aromatic rings. The summed E-state index contributed by atoms with van der Waals surface area (Å²) in [7, 11) is 1.80. The number of hydrogen-bond donors (Lipinski definition) is 1. The van der Waals surface area contributed by atoms with Gasteiger partial charge in [0.2, 0.25) is 5.95 Å². The third-order valence-corrected chi connectivity index (χ3v) is 4.93. The standard InChI is InChI=1S/C21H15F3N8/c1-31-18(3-6-26-31)28-21-25-5-2-17(27-21)12-4-7-32-19(9-12)29-30-20(32)10-13-8-15(23)16(24)11-14(13)22/h2-9,11H,10H2,1H3,(H,25,27,28). The van der Waals surface area contributed by atoms with Crippen LogP contribution >= 0.6 is 0 Å². The summed E-state index contributed by atoms with van der Waals surface area (Å²) in [6, 6.07) is 8.49. The number of pyridine rings is 1. The summed E-state index contributed by atoms with van der Waals surface area (Å²) in [6.07, 6.45) is 4.96. The van der Waals surface area contributed by atoms with E-state index >= 15 is 0 Å². The van der Waals surface area contributed by atoms with Gasteiger partial charge >= 0.3 is 0 Å². The van der Waals surface area contributed by atoms with Crippen molar-refractivity contribution in [2.75, 3.05) is 5.32 Å². The maximum absolute atomic E-state index is 14.0. The molecule has 0 aliphatic heterocycles. The molecule has 4 heterocycles. The third kappa shape index (κ3) is 3.64. The molecular formula is C21H15F3N8. The van der Waals surface area contributed by atoms with E-state index in [-0.39, 0.29) is 12.0 Å². The molecule has 0 aliphatic rings. The molecule has 0 bridgehead atoms. The topological polar surface area (TPSA) is 85.8 Å². The van der Waals surface area contributed by atoms with E-state index in [0.29, 0.717) is 29.2 Å². The number of halogens is 3. The Balaban J connectivity index is 1.44. The number of nitrogens with one attached hydrogen (secondary N) is 1. The van der Waals surface area contributed by atoms with Gasteiger partial charge in [-0.15, -0.1) is 10.2 Å². The Labute approximate surface area is 179 Å². The van der Waals surface area contributed by atoms with Gasteiger partial charge < -0.3 is 5.32 Å². The van der Waals surface area contributed by atoms with Crippen LogP contribution < -0.4 is 5.32 Å². The van der Waals surface area contributed by atoms with Crippen molar-refractivity contribution in [2.24, 2.45) is 7.05 Å². The summed E-state index contributed by atoms with van der Waals surface area (Å²) >= 11 is 0. The highest BCUT2D eigenvalue weighted by atomic mass is 19.2. The van der Waals surface area contributed by atoms with Gasteiger partial charge in [-0.1, -0.05) is 0 Å². The number of benzene rings is 1. The zero-order valence-corrected chi connectivity index (χ0v) is 16.7. The summed E-state index contributed by atoms with van der Waals surface area (Å²) in [6.45, 7) is 0. The predicted octanol–water partition coefficient (Wildman–Crippen LogP) is 3.67. The average molecular weight is 436 g/mol. The van der Waals surface area contributed by atoms with Crippen LogP contribution in [0.4, 0.5) is 24.9 Å². The molecule has 4 aromatic heterocycles.